The topological polar surface area (TPSA) is 45.6 Å². The van der Waals surface area contributed by atoms with Gasteiger partial charge in [-0.15, -0.1) is 0 Å². The molecule has 2 saturated heterocycles. The molecule has 2 aliphatic rings. The predicted octanol–water partition coefficient (Wildman–Crippen LogP) is 3.94. The highest BCUT2D eigenvalue weighted by Gasteiger charge is 2.41. The number of nitrogens with one attached hydrogen (secondary N) is 1. The van der Waals surface area contributed by atoms with Crippen LogP contribution in [0.15, 0.2) is 71.5 Å². The van der Waals surface area contributed by atoms with Gasteiger partial charge in [0.25, 0.3) is 0 Å². The van der Waals surface area contributed by atoms with E-state index in [2.05, 4.69) is 89.3 Å². The zero-order chi connectivity index (χ0) is 21.9. The summed E-state index contributed by atoms with van der Waals surface area (Å²) in [6.07, 6.45) is 3.97. The van der Waals surface area contributed by atoms with Gasteiger partial charge < -0.3 is 19.5 Å². The van der Waals surface area contributed by atoms with Crippen LogP contribution in [0.5, 0.6) is 0 Å². The van der Waals surface area contributed by atoms with Gasteiger partial charge in [-0.25, -0.2) is 0 Å². The third kappa shape index (κ3) is 4.45. The number of rotatable bonds is 6. The second kappa shape index (κ2) is 9.70. The number of morpholine rings is 1. The lowest BCUT2D eigenvalue weighted by Crippen LogP contribution is -2.42. The quantitative estimate of drug-likeness (QED) is 0.505. The molecule has 2 aliphatic heterocycles. The summed E-state index contributed by atoms with van der Waals surface area (Å²) in [5, 5.41) is 4.35. The van der Waals surface area contributed by atoms with Gasteiger partial charge in [-0.05, 0) is 60.7 Å². The van der Waals surface area contributed by atoms with E-state index in [9.17, 15) is 0 Å². The smallest absolute Gasteiger partial charge is 0.170 e. The molecule has 0 saturated carbocycles. The fraction of sp³-hybridized carbons (Fsp3) is 0.333. The normalized spacial score (nSPS) is 21.7. The van der Waals surface area contributed by atoms with Crippen molar-refractivity contribution in [1.82, 2.24) is 24.7 Å². The molecule has 166 valence electrons. The van der Waals surface area contributed by atoms with E-state index in [0.717, 1.165) is 60.4 Å². The number of benzene rings is 1. The van der Waals surface area contributed by atoms with Crippen molar-refractivity contribution >= 4 is 33.3 Å². The lowest BCUT2D eigenvalue weighted by atomic mass is 10.0. The molecule has 2 aromatic heterocycles. The Bertz CT molecular complexity index is 1050. The summed E-state index contributed by atoms with van der Waals surface area (Å²) in [7, 11) is 0. The van der Waals surface area contributed by atoms with Gasteiger partial charge in [0.05, 0.1) is 31.0 Å². The van der Waals surface area contributed by atoms with E-state index in [-0.39, 0.29) is 12.1 Å². The zero-order valence-corrected chi connectivity index (χ0v) is 20.1. The second-order valence-electron chi connectivity index (χ2n) is 8.05. The lowest BCUT2D eigenvalue weighted by Gasteiger charge is -2.32. The monoisotopic (exact) mass is 511 g/mol. The van der Waals surface area contributed by atoms with Gasteiger partial charge in [-0.2, -0.15) is 0 Å². The van der Waals surface area contributed by atoms with E-state index in [1.165, 1.54) is 5.69 Å². The summed E-state index contributed by atoms with van der Waals surface area (Å²) in [5.41, 5.74) is 3.31. The Labute approximate surface area is 202 Å². The van der Waals surface area contributed by atoms with Gasteiger partial charge in [0.1, 0.15) is 0 Å². The van der Waals surface area contributed by atoms with E-state index in [1.54, 1.807) is 0 Å². The maximum absolute atomic E-state index is 5.84. The van der Waals surface area contributed by atoms with Crippen molar-refractivity contribution in [2.45, 2.75) is 12.1 Å². The molecule has 5 rings (SSSR count). The molecule has 2 atom stereocenters. The average molecular weight is 512 g/mol. The summed E-state index contributed by atoms with van der Waals surface area (Å²) in [4.78, 5) is 9.44. The van der Waals surface area contributed by atoms with Gasteiger partial charge in [0.2, 0.25) is 0 Å². The molecule has 0 radical (unpaired) electrons. The van der Waals surface area contributed by atoms with Crippen LogP contribution in [0, 0.1) is 0 Å². The Hall–Kier alpha value is -2.26. The highest BCUT2D eigenvalue weighted by atomic mass is 79.9. The zero-order valence-electron chi connectivity index (χ0n) is 17.7. The molecule has 2 unspecified atom stereocenters. The number of hydrogen-bond donors (Lipinski definition) is 1. The van der Waals surface area contributed by atoms with E-state index in [0.29, 0.717) is 0 Å². The maximum Gasteiger partial charge on any atom is 0.170 e. The summed E-state index contributed by atoms with van der Waals surface area (Å²) >= 11 is 9.38. The van der Waals surface area contributed by atoms with Gasteiger partial charge >= 0.3 is 0 Å². The van der Waals surface area contributed by atoms with Gasteiger partial charge in [0.15, 0.2) is 5.11 Å². The van der Waals surface area contributed by atoms with Crippen LogP contribution in [0.4, 0.5) is 0 Å². The standard InChI is InChI=1S/C24H26BrN5OS/c25-18-6-8-19(9-7-18)29-11-3-5-21(29)23-22(20-4-1-2-10-26-20)27-24(32)30(23)13-12-28-14-16-31-17-15-28/h1-11,22-23H,12-17H2,(H,27,32). The minimum atomic E-state index is -0.0162. The SMILES string of the molecule is S=C1NC(c2ccccn2)C(c2cccn2-c2ccc(Br)cc2)N1CCN1CCOCC1. The second-order valence-corrected chi connectivity index (χ2v) is 9.36. The minimum Gasteiger partial charge on any atom is -0.379 e. The van der Waals surface area contributed by atoms with E-state index in [4.69, 9.17) is 17.0 Å². The molecule has 3 aromatic rings. The largest absolute Gasteiger partial charge is 0.379 e. The minimum absolute atomic E-state index is 0.0162. The molecule has 8 heteroatoms. The Morgan fingerprint density at radius 1 is 1.03 bits per heavy atom. The number of pyridine rings is 1. The first-order valence-electron chi connectivity index (χ1n) is 10.9. The number of aromatic nitrogens is 2. The van der Waals surface area contributed by atoms with Crippen molar-refractivity contribution in [2.24, 2.45) is 0 Å². The van der Waals surface area contributed by atoms with Crippen molar-refractivity contribution in [3.8, 4) is 5.69 Å². The summed E-state index contributed by atoms with van der Waals surface area (Å²) in [6, 6.07) is 18.8. The van der Waals surface area contributed by atoms with E-state index < -0.39 is 0 Å². The van der Waals surface area contributed by atoms with Crippen LogP contribution < -0.4 is 5.32 Å². The van der Waals surface area contributed by atoms with Crippen LogP contribution in [0.25, 0.3) is 5.69 Å². The van der Waals surface area contributed by atoms with Crippen LogP contribution in [-0.4, -0.2) is 63.9 Å². The molecular formula is C24H26BrN5OS. The third-order valence-corrected chi connectivity index (χ3v) is 7.03. The first-order chi connectivity index (χ1) is 15.7. The molecule has 0 aliphatic carbocycles. The van der Waals surface area contributed by atoms with Crippen LogP contribution in [0.1, 0.15) is 23.5 Å². The van der Waals surface area contributed by atoms with Crippen LogP contribution in [0.3, 0.4) is 0 Å². The van der Waals surface area contributed by atoms with Crippen LogP contribution in [0.2, 0.25) is 0 Å². The summed E-state index contributed by atoms with van der Waals surface area (Å²) < 4.78 is 8.83. The van der Waals surface area contributed by atoms with Crippen molar-refractivity contribution in [2.75, 3.05) is 39.4 Å². The molecule has 0 spiro atoms. The highest BCUT2D eigenvalue weighted by molar-refractivity contribution is 9.10. The molecule has 2 fully saturated rings. The third-order valence-electron chi connectivity index (χ3n) is 6.15. The first kappa shape index (κ1) is 21.6. The Kier molecular flexibility index (Phi) is 6.54. The molecule has 0 bridgehead atoms. The highest BCUT2D eigenvalue weighted by Crippen LogP contribution is 2.39. The Balaban J connectivity index is 1.49. The van der Waals surface area contributed by atoms with Crippen molar-refractivity contribution in [1.29, 1.82) is 0 Å². The lowest BCUT2D eigenvalue weighted by molar-refractivity contribution is 0.0349. The number of nitrogens with zero attached hydrogens (tertiary/aromatic N) is 4. The fourth-order valence-electron chi connectivity index (χ4n) is 4.51. The number of ether oxygens (including phenoxy) is 1. The Morgan fingerprint density at radius 3 is 2.59 bits per heavy atom. The molecule has 6 nitrogen and oxygen atoms in total. The Morgan fingerprint density at radius 2 is 1.84 bits per heavy atom. The predicted molar refractivity (Wildman–Crippen MR) is 133 cm³/mol. The van der Waals surface area contributed by atoms with E-state index in [1.807, 2.05) is 18.3 Å². The van der Waals surface area contributed by atoms with Gasteiger partial charge in [-0.1, -0.05) is 22.0 Å². The number of halogens is 1. The van der Waals surface area contributed by atoms with Crippen molar-refractivity contribution in [3.05, 3.63) is 82.9 Å². The fourth-order valence-corrected chi connectivity index (χ4v) is 5.11. The van der Waals surface area contributed by atoms with Crippen molar-refractivity contribution in [3.63, 3.8) is 0 Å². The van der Waals surface area contributed by atoms with E-state index >= 15 is 0 Å². The number of thiocarbonyl (C=S) groups is 1. The van der Waals surface area contributed by atoms with Gasteiger partial charge in [-0.3, -0.25) is 9.88 Å². The van der Waals surface area contributed by atoms with Gasteiger partial charge in [0, 0.05) is 54.4 Å². The summed E-state index contributed by atoms with van der Waals surface area (Å²) in [6.45, 7) is 5.35. The van der Waals surface area contributed by atoms with Crippen LogP contribution >= 0.6 is 28.1 Å². The molecule has 4 heterocycles. The molecule has 1 aromatic carbocycles. The van der Waals surface area contributed by atoms with Crippen LogP contribution in [-0.2, 0) is 4.74 Å². The van der Waals surface area contributed by atoms with Crippen molar-refractivity contribution < 1.29 is 4.74 Å². The maximum atomic E-state index is 5.84. The first-order valence-corrected chi connectivity index (χ1v) is 12.1. The molecule has 0 amide bonds. The average Bonchev–Trinajstić information content (AvgIpc) is 3.43. The molecule has 1 N–H and O–H groups in total. The molecular weight excluding hydrogens is 486 g/mol. The molecule has 32 heavy (non-hydrogen) atoms. The summed E-state index contributed by atoms with van der Waals surface area (Å²) in [5.74, 6) is 0. The number of hydrogen-bond acceptors (Lipinski definition) is 4.